The number of furan rings is 1. The van der Waals surface area contributed by atoms with Crippen LogP contribution in [0.2, 0.25) is 0 Å². The van der Waals surface area contributed by atoms with Crippen molar-refractivity contribution < 1.29 is 32.3 Å². The van der Waals surface area contributed by atoms with Gasteiger partial charge in [0.1, 0.15) is 11.6 Å². The van der Waals surface area contributed by atoms with Gasteiger partial charge in [-0.2, -0.15) is 13.2 Å². The molecule has 3 heterocycles. The van der Waals surface area contributed by atoms with E-state index in [0.717, 1.165) is 56.3 Å². The number of carboxylic acid groups (broad SMARTS) is 1. The lowest BCUT2D eigenvalue weighted by molar-refractivity contribution is -0.192. The van der Waals surface area contributed by atoms with Crippen molar-refractivity contribution >= 4 is 11.9 Å². The van der Waals surface area contributed by atoms with E-state index in [9.17, 15) is 18.0 Å². The van der Waals surface area contributed by atoms with Crippen LogP contribution in [0.25, 0.3) is 0 Å². The summed E-state index contributed by atoms with van der Waals surface area (Å²) in [5.41, 5.74) is 0.951. The van der Waals surface area contributed by atoms with E-state index in [0.29, 0.717) is 6.54 Å². The summed E-state index contributed by atoms with van der Waals surface area (Å²) in [6.45, 7) is 4.08. The summed E-state index contributed by atoms with van der Waals surface area (Å²) >= 11 is 0. The first-order valence-corrected chi connectivity index (χ1v) is 9.60. The molecule has 4 rings (SSSR count). The van der Waals surface area contributed by atoms with Gasteiger partial charge in [-0.15, -0.1) is 0 Å². The standard InChI is InChI=1S/C17H22N4O2.C2HF3O2/c22-17(13-3-1-4-13)18-9-14-10-21-7-6-20(12-16(21)19-14)11-15-5-2-8-23-15;3-2(4,5)1(6)7/h2,5,8,10,13H,1,3-4,6-7,9,11-12H2,(H,18,22);(H,6,7). The van der Waals surface area contributed by atoms with Gasteiger partial charge in [-0.25, -0.2) is 9.78 Å². The van der Waals surface area contributed by atoms with Gasteiger partial charge in [-0.05, 0) is 25.0 Å². The maximum atomic E-state index is 11.9. The Morgan fingerprint density at radius 3 is 2.60 bits per heavy atom. The van der Waals surface area contributed by atoms with Crippen LogP contribution in [0.15, 0.2) is 29.0 Å². The number of alkyl halides is 3. The van der Waals surface area contributed by atoms with Crippen molar-refractivity contribution in [3.8, 4) is 0 Å². The third kappa shape index (κ3) is 5.85. The summed E-state index contributed by atoms with van der Waals surface area (Å²) < 4.78 is 39.4. The predicted octanol–water partition coefficient (Wildman–Crippen LogP) is 2.54. The number of hydrogen-bond donors (Lipinski definition) is 2. The second-order valence-corrected chi connectivity index (χ2v) is 7.28. The number of amides is 1. The molecule has 0 spiro atoms. The number of fused-ring (bicyclic) bond motifs is 1. The fourth-order valence-corrected chi connectivity index (χ4v) is 3.20. The quantitative estimate of drug-likeness (QED) is 0.759. The van der Waals surface area contributed by atoms with E-state index in [1.807, 2.05) is 12.1 Å². The normalized spacial score (nSPS) is 16.8. The van der Waals surface area contributed by atoms with E-state index in [2.05, 4.69) is 26.0 Å². The van der Waals surface area contributed by atoms with E-state index in [-0.39, 0.29) is 11.8 Å². The number of aromatic nitrogens is 2. The van der Waals surface area contributed by atoms with Crippen molar-refractivity contribution in [3.05, 3.63) is 41.9 Å². The maximum absolute atomic E-state index is 11.9. The van der Waals surface area contributed by atoms with Crippen molar-refractivity contribution in [2.75, 3.05) is 6.54 Å². The summed E-state index contributed by atoms with van der Waals surface area (Å²) in [6, 6.07) is 3.92. The first-order chi connectivity index (χ1) is 14.2. The van der Waals surface area contributed by atoms with Gasteiger partial charge in [-0.3, -0.25) is 9.69 Å². The first-order valence-electron chi connectivity index (χ1n) is 9.60. The number of carbonyl (C=O) groups excluding carboxylic acids is 1. The second kappa shape index (κ2) is 9.33. The molecule has 1 saturated carbocycles. The largest absolute Gasteiger partial charge is 0.490 e. The molecule has 0 atom stereocenters. The molecule has 30 heavy (non-hydrogen) atoms. The third-order valence-electron chi connectivity index (χ3n) is 5.05. The van der Waals surface area contributed by atoms with Crippen molar-refractivity contribution in [2.24, 2.45) is 5.92 Å². The Balaban J connectivity index is 0.000000318. The Morgan fingerprint density at radius 1 is 1.30 bits per heavy atom. The molecule has 164 valence electrons. The number of nitrogens with one attached hydrogen (secondary N) is 1. The summed E-state index contributed by atoms with van der Waals surface area (Å²) in [7, 11) is 0. The zero-order valence-electron chi connectivity index (χ0n) is 16.2. The average molecular weight is 428 g/mol. The molecular weight excluding hydrogens is 405 g/mol. The van der Waals surface area contributed by atoms with Crippen molar-refractivity contribution in [2.45, 2.75) is 51.6 Å². The van der Waals surface area contributed by atoms with E-state index < -0.39 is 12.1 Å². The molecule has 0 radical (unpaired) electrons. The first kappa shape index (κ1) is 21.9. The van der Waals surface area contributed by atoms with Crippen molar-refractivity contribution in [1.29, 1.82) is 0 Å². The SMILES string of the molecule is O=C(NCc1cn2c(n1)CN(Cc1ccco1)CC2)C1CCC1.O=C(O)C(F)(F)F. The van der Waals surface area contributed by atoms with Crippen molar-refractivity contribution in [3.63, 3.8) is 0 Å². The zero-order valence-corrected chi connectivity index (χ0v) is 16.2. The molecule has 1 aliphatic carbocycles. The number of nitrogens with zero attached hydrogens (tertiary/aromatic N) is 3. The maximum Gasteiger partial charge on any atom is 0.490 e. The lowest BCUT2D eigenvalue weighted by Gasteiger charge is -2.26. The summed E-state index contributed by atoms with van der Waals surface area (Å²) in [5.74, 6) is -0.293. The number of halogens is 3. The van der Waals surface area contributed by atoms with Crippen LogP contribution in [0.1, 0.15) is 36.5 Å². The van der Waals surface area contributed by atoms with E-state index in [4.69, 9.17) is 14.3 Å². The molecule has 2 aromatic heterocycles. The van der Waals surface area contributed by atoms with Gasteiger partial charge in [0.05, 0.1) is 31.6 Å². The number of carboxylic acids is 1. The zero-order chi connectivity index (χ0) is 21.7. The molecule has 2 N–H and O–H groups in total. The molecule has 0 aromatic carbocycles. The Labute approximate surface area is 170 Å². The van der Waals surface area contributed by atoms with E-state index in [1.54, 1.807) is 6.26 Å². The van der Waals surface area contributed by atoms with Crippen LogP contribution >= 0.6 is 0 Å². The monoisotopic (exact) mass is 428 g/mol. The van der Waals surface area contributed by atoms with Crippen LogP contribution < -0.4 is 5.32 Å². The van der Waals surface area contributed by atoms with Crippen LogP contribution in [0.3, 0.4) is 0 Å². The third-order valence-corrected chi connectivity index (χ3v) is 5.05. The van der Waals surface area contributed by atoms with Gasteiger partial charge in [0.2, 0.25) is 5.91 Å². The molecule has 1 aliphatic heterocycles. The molecule has 0 bridgehead atoms. The van der Waals surface area contributed by atoms with Crippen LogP contribution in [0.5, 0.6) is 0 Å². The van der Waals surface area contributed by atoms with Crippen LogP contribution in [-0.2, 0) is 35.8 Å². The van der Waals surface area contributed by atoms with Gasteiger partial charge in [0, 0.05) is 25.2 Å². The highest BCUT2D eigenvalue weighted by atomic mass is 19.4. The van der Waals surface area contributed by atoms with Gasteiger partial charge in [0.15, 0.2) is 0 Å². The van der Waals surface area contributed by atoms with Crippen LogP contribution in [0.4, 0.5) is 13.2 Å². The summed E-state index contributed by atoms with van der Waals surface area (Å²) in [6.07, 6.45) is 1.95. The number of imidazole rings is 1. The minimum absolute atomic E-state index is 0.182. The number of hydrogen-bond acceptors (Lipinski definition) is 5. The molecule has 11 heteroatoms. The highest BCUT2D eigenvalue weighted by Crippen LogP contribution is 2.26. The van der Waals surface area contributed by atoms with E-state index >= 15 is 0 Å². The molecule has 0 unspecified atom stereocenters. The van der Waals surface area contributed by atoms with Crippen molar-refractivity contribution in [1.82, 2.24) is 19.8 Å². The molecular formula is C19H23F3N4O4. The van der Waals surface area contributed by atoms with Crippen LogP contribution in [-0.4, -0.2) is 44.2 Å². The average Bonchev–Trinajstić information content (AvgIpc) is 3.27. The molecule has 1 amide bonds. The smallest absolute Gasteiger partial charge is 0.475 e. The Morgan fingerprint density at radius 2 is 2.03 bits per heavy atom. The lowest BCUT2D eigenvalue weighted by atomic mass is 9.85. The number of aliphatic carboxylic acids is 1. The van der Waals surface area contributed by atoms with Gasteiger partial charge in [0.25, 0.3) is 0 Å². The highest BCUT2D eigenvalue weighted by Gasteiger charge is 2.38. The minimum Gasteiger partial charge on any atom is -0.475 e. The fourth-order valence-electron chi connectivity index (χ4n) is 3.20. The second-order valence-electron chi connectivity index (χ2n) is 7.28. The summed E-state index contributed by atoms with van der Waals surface area (Å²) in [4.78, 5) is 27.8. The fraction of sp³-hybridized carbons (Fsp3) is 0.526. The Kier molecular flexibility index (Phi) is 6.80. The molecule has 2 aromatic rings. The molecule has 0 saturated heterocycles. The van der Waals surface area contributed by atoms with E-state index in [1.165, 1.54) is 6.42 Å². The van der Waals surface area contributed by atoms with Crippen LogP contribution in [0, 0.1) is 5.92 Å². The number of rotatable bonds is 5. The topological polar surface area (TPSA) is 101 Å². The Bertz CT molecular complexity index is 860. The summed E-state index contributed by atoms with van der Waals surface area (Å²) in [5, 5.41) is 10.1. The van der Waals surface area contributed by atoms with Gasteiger partial charge < -0.3 is 19.4 Å². The molecule has 2 aliphatic rings. The molecule has 8 nitrogen and oxygen atoms in total. The van der Waals surface area contributed by atoms with Gasteiger partial charge in [-0.1, -0.05) is 6.42 Å². The highest BCUT2D eigenvalue weighted by molar-refractivity contribution is 5.79. The lowest BCUT2D eigenvalue weighted by Crippen LogP contribution is -2.34. The Hall–Kier alpha value is -2.82. The van der Waals surface area contributed by atoms with Gasteiger partial charge >= 0.3 is 12.1 Å². The molecule has 1 fully saturated rings. The number of carbonyl (C=O) groups is 2. The predicted molar refractivity (Wildman–Crippen MR) is 97.9 cm³/mol. The minimum atomic E-state index is -5.08.